The van der Waals surface area contributed by atoms with Crippen molar-refractivity contribution in [2.24, 2.45) is 0 Å². The van der Waals surface area contributed by atoms with Gasteiger partial charge in [-0.15, -0.1) is 0 Å². The van der Waals surface area contributed by atoms with E-state index in [-0.39, 0.29) is 50.7 Å². The van der Waals surface area contributed by atoms with Crippen LogP contribution in [-0.4, -0.2) is 41.9 Å². The average molecular weight is 570 g/mol. The number of ether oxygens (including phenoxy) is 2. The molecule has 3 aromatic carbocycles. The Morgan fingerprint density at radius 1 is 1.05 bits per heavy atom. The SMILES string of the molecule is C[C@@H](c1ccc(Oc2ccc(C(=O)O)c(Cl)c2)cc1Cl)C(O)(c1ccc2c(c1)N(C)C(=O)CO2)C(F)(F)F. The molecule has 38 heavy (non-hydrogen) atoms. The minimum atomic E-state index is -5.13. The van der Waals surface area contributed by atoms with Crippen LogP contribution in [0.5, 0.6) is 17.2 Å². The van der Waals surface area contributed by atoms with Crippen LogP contribution in [0.15, 0.2) is 54.6 Å². The second-order valence-corrected chi connectivity index (χ2v) is 9.46. The molecule has 12 heteroatoms. The third-order valence-electron chi connectivity index (χ3n) is 6.39. The third kappa shape index (κ3) is 4.87. The van der Waals surface area contributed by atoms with Gasteiger partial charge in [0.1, 0.15) is 17.2 Å². The minimum Gasteiger partial charge on any atom is -0.482 e. The lowest BCUT2D eigenvalue weighted by atomic mass is 9.77. The van der Waals surface area contributed by atoms with E-state index in [1.165, 1.54) is 56.4 Å². The number of likely N-dealkylation sites (N-methyl/N-ethyl adjacent to an activating group) is 1. The van der Waals surface area contributed by atoms with Crippen molar-refractivity contribution in [3.63, 3.8) is 0 Å². The first kappa shape index (κ1) is 27.6. The van der Waals surface area contributed by atoms with E-state index in [0.29, 0.717) is 0 Å². The highest BCUT2D eigenvalue weighted by molar-refractivity contribution is 6.33. The van der Waals surface area contributed by atoms with Crippen molar-refractivity contribution in [3.8, 4) is 17.2 Å². The molecule has 2 atom stereocenters. The number of hydrogen-bond donors (Lipinski definition) is 2. The van der Waals surface area contributed by atoms with Crippen molar-refractivity contribution < 1.29 is 42.4 Å². The van der Waals surface area contributed by atoms with Gasteiger partial charge in [0.15, 0.2) is 12.2 Å². The Morgan fingerprint density at radius 2 is 1.68 bits per heavy atom. The summed E-state index contributed by atoms with van der Waals surface area (Å²) in [7, 11) is 1.40. The first-order valence-electron chi connectivity index (χ1n) is 11.1. The fourth-order valence-electron chi connectivity index (χ4n) is 4.18. The molecule has 0 saturated carbocycles. The molecule has 0 spiro atoms. The second-order valence-electron chi connectivity index (χ2n) is 8.64. The summed E-state index contributed by atoms with van der Waals surface area (Å²) in [4.78, 5) is 24.3. The van der Waals surface area contributed by atoms with Gasteiger partial charge in [-0.1, -0.05) is 42.3 Å². The van der Waals surface area contributed by atoms with Gasteiger partial charge in [0.2, 0.25) is 0 Å². The van der Waals surface area contributed by atoms with Crippen LogP contribution in [0.4, 0.5) is 18.9 Å². The number of carboxylic acids is 1. The molecule has 200 valence electrons. The lowest BCUT2D eigenvalue weighted by Gasteiger charge is -2.38. The average Bonchev–Trinajstić information content (AvgIpc) is 2.84. The number of anilines is 1. The van der Waals surface area contributed by atoms with E-state index in [1.807, 2.05) is 0 Å². The van der Waals surface area contributed by atoms with Gasteiger partial charge in [0, 0.05) is 24.1 Å². The van der Waals surface area contributed by atoms with Crippen molar-refractivity contribution in [3.05, 3.63) is 81.3 Å². The molecule has 2 N–H and O–H groups in total. The number of hydrogen-bond acceptors (Lipinski definition) is 5. The van der Waals surface area contributed by atoms with E-state index in [1.54, 1.807) is 0 Å². The number of halogens is 5. The Balaban J connectivity index is 1.69. The van der Waals surface area contributed by atoms with E-state index in [4.69, 9.17) is 37.8 Å². The first-order chi connectivity index (χ1) is 17.7. The molecule has 0 saturated heterocycles. The second kappa shape index (κ2) is 10.0. The van der Waals surface area contributed by atoms with Gasteiger partial charge in [-0.25, -0.2) is 4.79 Å². The van der Waals surface area contributed by atoms with Crippen molar-refractivity contribution in [1.82, 2.24) is 0 Å². The number of carbonyl (C=O) groups is 2. The molecule has 0 aliphatic carbocycles. The van der Waals surface area contributed by atoms with E-state index in [2.05, 4.69) is 0 Å². The molecule has 0 fully saturated rings. The first-order valence-corrected chi connectivity index (χ1v) is 11.8. The van der Waals surface area contributed by atoms with E-state index in [9.17, 15) is 27.9 Å². The maximum atomic E-state index is 14.5. The normalized spacial score (nSPS) is 15.8. The summed E-state index contributed by atoms with van der Waals surface area (Å²) in [6.07, 6.45) is -5.13. The molecule has 1 heterocycles. The molecule has 7 nitrogen and oxygen atoms in total. The van der Waals surface area contributed by atoms with Crippen LogP contribution in [0.1, 0.15) is 34.3 Å². The summed E-state index contributed by atoms with van der Waals surface area (Å²) in [5, 5.41) is 20.1. The van der Waals surface area contributed by atoms with Gasteiger partial charge in [-0.2, -0.15) is 13.2 Å². The topological polar surface area (TPSA) is 96.3 Å². The molecule has 3 aromatic rings. The molecule has 1 unspecified atom stereocenters. The monoisotopic (exact) mass is 569 g/mol. The third-order valence-corrected chi connectivity index (χ3v) is 7.03. The summed E-state index contributed by atoms with van der Waals surface area (Å²) in [6.45, 7) is 0.938. The Kier molecular flexibility index (Phi) is 7.26. The number of carbonyl (C=O) groups excluding carboxylic acids is 1. The lowest BCUT2D eigenvalue weighted by molar-refractivity contribution is -0.274. The highest BCUT2D eigenvalue weighted by Crippen LogP contribution is 2.51. The Hall–Kier alpha value is -3.47. The molecule has 1 aliphatic heterocycles. The Labute approximate surface area is 224 Å². The number of rotatable bonds is 6. The van der Waals surface area contributed by atoms with Gasteiger partial charge >= 0.3 is 12.1 Å². The molecule has 0 aromatic heterocycles. The Morgan fingerprint density at radius 3 is 2.26 bits per heavy atom. The number of amides is 1. The van der Waals surface area contributed by atoms with Crippen molar-refractivity contribution in [2.45, 2.75) is 24.6 Å². The molecule has 1 amide bonds. The van der Waals surface area contributed by atoms with Gasteiger partial charge in [-0.05, 0) is 47.5 Å². The van der Waals surface area contributed by atoms with Crippen LogP contribution in [0.2, 0.25) is 10.0 Å². The quantitative estimate of drug-likeness (QED) is 0.357. The number of nitrogens with zero attached hydrogens (tertiary/aromatic N) is 1. The van der Waals surface area contributed by atoms with Crippen molar-refractivity contribution >= 4 is 40.8 Å². The summed E-state index contributed by atoms with van der Waals surface area (Å²) >= 11 is 12.3. The lowest BCUT2D eigenvalue weighted by Crippen LogP contribution is -2.47. The van der Waals surface area contributed by atoms with E-state index >= 15 is 0 Å². The highest BCUT2D eigenvalue weighted by Gasteiger charge is 2.59. The number of fused-ring (bicyclic) bond motifs is 1. The zero-order valence-corrected chi connectivity index (χ0v) is 21.4. The highest BCUT2D eigenvalue weighted by atomic mass is 35.5. The molecule has 0 radical (unpaired) electrons. The molecule has 4 rings (SSSR count). The predicted octanol–water partition coefficient (Wildman–Crippen LogP) is 6.39. The fourth-order valence-corrected chi connectivity index (χ4v) is 4.77. The minimum absolute atomic E-state index is 0.0171. The Bertz CT molecular complexity index is 1430. The van der Waals surface area contributed by atoms with Crippen LogP contribution in [0.3, 0.4) is 0 Å². The number of aromatic carboxylic acids is 1. The maximum absolute atomic E-state index is 14.5. The summed E-state index contributed by atoms with van der Waals surface area (Å²) in [5.74, 6) is -2.72. The fraction of sp³-hybridized carbons (Fsp3) is 0.231. The standard InChI is InChI=1S/C26H20Cl2F3NO6/c1-13(17-6-4-15(10-19(17)27)38-16-5-7-18(24(34)35)20(28)11-16)25(36,26(29,30)31)14-3-8-22-21(9-14)32(2)23(33)12-37-22/h3-11,13,36H,12H2,1-2H3,(H,34,35)/t13-,25?/m0/s1. The van der Waals surface area contributed by atoms with Crippen molar-refractivity contribution in [1.29, 1.82) is 0 Å². The van der Waals surface area contributed by atoms with E-state index < -0.39 is 35.1 Å². The van der Waals surface area contributed by atoms with Gasteiger partial charge in [-0.3, -0.25) is 4.79 Å². The molecular formula is C26H20Cl2F3NO6. The summed E-state index contributed by atoms with van der Waals surface area (Å²) in [5.41, 5.74) is -3.93. The van der Waals surface area contributed by atoms with Crippen LogP contribution >= 0.6 is 23.2 Å². The zero-order chi connectivity index (χ0) is 28.0. The van der Waals surface area contributed by atoms with Crippen LogP contribution in [0, 0.1) is 0 Å². The van der Waals surface area contributed by atoms with Gasteiger partial charge < -0.3 is 24.6 Å². The number of alkyl halides is 3. The van der Waals surface area contributed by atoms with E-state index in [0.717, 1.165) is 17.0 Å². The summed E-state index contributed by atoms with van der Waals surface area (Å²) in [6, 6.07) is 11.3. The van der Waals surface area contributed by atoms with Crippen LogP contribution < -0.4 is 14.4 Å². The van der Waals surface area contributed by atoms with Crippen LogP contribution in [0.25, 0.3) is 0 Å². The van der Waals surface area contributed by atoms with Gasteiger partial charge in [0.25, 0.3) is 5.91 Å². The number of carboxylic acid groups (broad SMARTS) is 1. The maximum Gasteiger partial charge on any atom is 0.422 e. The largest absolute Gasteiger partial charge is 0.482 e. The molecule has 0 bridgehead atoms. The summed E-state index contributed by atoms with van der Waals surface area (Å²) < 4.78 is 54.3. The molecule has 1 aliphatic rings. The predicted molar refractivity (Wildman–Crippen MR) is 134 cm³/mol. The van der Waals surface area contributed by atoms with Crippen LogP contribution in [-0.2, 0) is 10.4 Å². The van der Waals surface area contributed by atoms with Crippen molar-refractivity contribution in [2.75, 3.05) is 18.6 Å². The molecular weight excluding hydrogens is 550 g/mol. The van der Waals surface area contributed by atoms with Gasteiger partial charge in [0.05, 0.1) is 16.3 Å². The zero-order valence-electron chi connectivity index (χ0n) is 19.8. The smallest absolute Gasteiger partial charge is 0.422 e. The number of benzene rings is 3. The number of aliphatic hydroxyl groups is 1.